The van der Waals surface area contributed by atoms with Gasteiger partial charge in [0.25, 0.3) is 0 Å². The highest BCUT2D eigenvalue weighted by Gasteiger charge is 2.18. The van der Waals surface area contributed by atoms with Gasteiger partial charge in [0.1, 0.15) is 0 Å². The second kappa shape index (κ2) is 10.8. The van der Waals surface area contributed by atoms with Gasteiger partial charge in [-0.2, -0.15) is 5.10 Å². The van der Waals surface area contributed by atoms with E-state index in [0.29, 0.717) is 19.5 Å². The molecule has 3 aromatic rings. The van der Waals surface area contributed by atoms with Crippen molar-refractivity contribution in [1.82, 2.24) is 20.0 Å². The van der Waals surface area contributed by atoms with Crippen molar-refractivity contribution in [3.63, 3.8) is 0 Å². The Morgan fingerprint density at radius 2 is 1.78 bits per heavy atom. The van der Waals surface area contributed by atoms with Gasteiger partial charge in [0.05, 0.1) is 13.1 Å². The molecule has 1 saturated heterocycles. The van der Waals surface area contributed by atoms with Crippen molar-refractivity contribution in [2.45, 2.75) is 45.2 Å². The number of likely N-dealkylation sites (tertiary alicyclic amines) is 1. The third-order valence-electron chi connectivity index (χ3n) is 5.92. The van der Waals surface area contributed by atoms with Gasteiger partial charge in [-0.3, -0.25) is 14.3 Å². The van der Waals surface area contributed by atoms with Crippen molar-refractivity contribution in [3.05, 3.63) is 78.1 Å². The van der Waals surface area contributed by atoms with Crippen LogP contribution in [0.2, 0.25) is 0 Å². The van der Waals surface area contributed by atoms with E-state index >= 15 is 0 Å². The van der Waals surface area contributed by atoms with Gasteiger partial charge in [0, 0.05) is 31.9 Å². The minimum Gasteiger partial charge on any atom is -0.350 e. The number of nitrogens with one attached hydrogen (secondary N) is 1. The Kier molecular flexibility index (Phi) is 7.33. The molecule has 4 rings (SSSR count). The van der Waals surface area contributed by atoms with E-state index in [1.54, 1.807) is 11.1 Å². The number of aromatic nitrogens is 2. The summed E-state index contributed by atoms with van der Waals surface area (Å²) in [7, 11) is 0. The second-order valence-electron chi connectivity index (χ2n) is 8.31. The molecule has 1 N–H and O–H groups in total. The normalized spacial score (nSPS) is 14.6. The fourth-order valence-corrected chi connectivity index (χ4v) is 4.13. The Bertz CT molecular complexity index is 1030. The summed E-state index contributed by atoms with van der Waals surface area (Å²) < 4.78 is 1.90. The summed E-state index contributed by atoms with van der Waals surface area (Å²) in [4.78, 5) is 26.5. The summed E-state index contributed by atoms with van der Waals surface area (Å²) in [5, 5.41) is 7.26. The van der Waals surface area contributed by atoms with Crippen LogP contribution in [0.1, 0.15) is 43.2 Å². The number of benzene rings is 2. The summed E-state index contributed by atoms with van der Waals surface area (Å²) in [5.74, 6) is -0.0150. The van der Waals surface area contributed by atoms with Crippen LogP contribution in [0.25, 0.3) is 11.1 Å². The van der Waals surface area contributed by atoms with Gasteiger partial charge in [-0.05, 0) is 41.2 Å². The summed E-state index contributed by atoms with van der Waals surface area (Å²) in [6, 6.07) is 18.5. The molecule has 1 aliphatic rings. The highest BCUT2D eigenvalue weighted by Crippen LogP contribution is 2.24. The van der Waals surface area contributed by atoms with Crippen LogP contribution in [-0.2, 0) is 22.7 Å². The fraction of sp³-hybridized carbons (Fsp3) is 0.346. The zero-order valence-electron chi connectivity index (χ0n) is 18.4. The first-order valence-corrected chi connectivity index (χ1v) is 11.4. The first kappa shape index (κ1) is 21.8. The molecule has 0 saturated carbocycles. The Hall–Kier alpha value is -3.41. The number of hydrogen-bond acceptors (Lipinski definition) is 3. The first-order chi connectivity index (χ1) is 15.7. The Morgan fingerprint density at radius 3 is 2.59 bits per heavy atom. The SMILES string of the molecule is O=C(CN1CCCCCCC1=O)NCc1ccccc1-c1ccc(Cn2cccn2)cc1. The predicted octanol–water partition coefficient (Wildman–Crippen LogP) is 4.01. The second-order valence-corrected chi connectivity index (χ2v) is 8.31. The van der Waals surface area contributed by atoms with Crippen LogP contribution in [0.5, 0.6) is 0 Å². The predicted molar refractivity (Wildman–Crippen MR) is 125 cm³/mol. The molecule has 0 spiro atoms. The van der Waals surface area contributed by atoms with Gasteiger partial charge >= 0.3 is 0 Å². The molecule has 166 valence electrons. The molecule has 0 atom stereocenters. The van der Waals surface area contributed by atoms with Gasteiger partial charge in [0.2, 0.25) is 11.8 Å². The molecule has 0 radical (unpaired) electrons. The van der Waals surface area contributed by atoms with Crippen molar-refractivity contribution in [1.29, 1.82) is 0 Å². The van der Waals surface area contributed by atoms with Crippen molar-refractivity contribution in [2.75, 3.05) is 13.1 Å². The van der Waals surface area contributed by atoms with Crippen LogP contribution in [0.3, 0.4) is 0 Å². The quantitative estimate of drug-likeness (QED) is 0.616. The van der Waals surface area contributed by atoms with Crippen LogP contribution in [0, 0.1) is 0 Å². The third-order valence-corrected chi connectivity index (χ3v) is 5.92. The fourth-order valence-electron chi connectivity index (χ4n) is 4.13. The average Bonchev–Trinajstić information content (AvgIpc) is 3.31. The standard InChI is InChI=1S/C26H30N4O2/c31-25(20-29-16-6-2-1-3-10-26(29)32)27-18-23-8-4-5-9-24(23)22-13-11-21(12-14-22)19-30-17-7-15-28-30/h4-5,7-9,11-15,17H,1-3,6,10,16,18-20H2,(H,27,31). The van der Waals surface area contributed by atoms with Crippen molar-refractivity contribution in [2.24, 2.45) is 0 Å². The summed E-state index contributed by atoms with van der Waals surface area (Å²) in [5.41, 5.74) is 4.44. The maximum Gasteiger partial charge on any atom is 0.239 e. The lowest BCUT2D eigenvalue weighted by atomic mass is 9.98. The molecule has 0 bridgehead atoms. The lowest BCUT2D eigenvalue weighted by Crippen LogP contribution is -2.41. The molecule has 1 aromatic heterocycles. The number of hydrogen-bond donors (Lipinski definition) is 1. The van der Waals surface area contributed by atoms with Gasteiger partial charge < -0.3 is 10.2 Å². The Labute approximate surface area is 189 Å². The zero-order chi connectivity index (χ0) is 22.2. The molecule has 1 fully saturated rings. The zero-order valence-corrected chi connectivity index (χ0v) is 18.4. The van der Waals surface area contributed by atoms with Crippen LogP contribution in [0.15, 0.2) is 67.0 Å². The average molecular weight is 431 g/mol. The van der Waals surface area contributed by atoms with Crippen LogP contribution in [0.4, 0.5) is 0 Å². The molecule has 2 aromatic carbocycles. The van der Waals surface area contributed by atoms with E-state index in [2.05, 4.69) is 40.7 Å². The number of rotatable bonds is 7. The van der Waals surface area contributed by atoms with Crippen LogP contribution in [-0.4, -0.2) is 39.6 Å². The summed E-state index contributed by atoms with van der Waals surface area (Å²) in [6.45, 7) is 1.99. The van der Waals surface area contributed by atoms with E-state index in [0.717, 1.165) is 48.9 Å². The Balaban J connectivity index is 1.38. The van der Waals surface area contributed by atoms with E-state index in [1.807, 2.05) is 35.1 Å². The number of carbonyl (C=O) groups excluding carboxylic acids is 2. The van der Waals surface area contributed by atoms with Gasteiger partial charge in [0.15, 0.2) is 0 Å². The summed E-state index contributed by atoms with van der Waals surface area (Å²) in [6.07, 6.45) is 8.40. The van der Waals surface area contributed by atoms with E-state index < -0.39 is 0 Å². The van der Waals surface area contributed by atoms with Crippen LogP contribution >= 0.6 is 0 Å². The van der Waals surface area contributed by atoms with Gasteiger partial charge in [-0.1, -0.05) is 61.4 Å². The molecular formula is C26H30N4O2. The van der Waals surface area contributed by atoms with E-state index in [1.165, 1.54) is 5.56 Å². The molecule has 0 unspecified atom stereocenters. The monoisotopic (exact) mass is 430 g/mol. The van der Waals surface area contributed by atoms with Gasteiger partial charge in [-0.25, -0.2) is 0 Å². The number of amides is 2. The number of nitrogens with zero attached hydrogens (tertiary/aromatic N) is 3. The maximum absolute atomic E-state index is 12.6. The molecule has 1 aliphatic heterocycles. The molecule has 2 heterocycles. The molecular weight excluding hydrogens is 400 g/mol. The topological polar surface area (TPSA) is 67.2 Å². The largest absolute Gasteiger partial charge is 0.350 e. The maximum atomic E-state index is 12.6. The van der Waals surface area contributed by atoms with E-state index in [4.69, 9.17) is 0 Å². The lowest BCUT2D eigenvalue weighted by Gasteiger charge is -2.24. The highest BCUT2D eigenvalue weighted by molar-refractivity contribution is 5.85. The van der Waals surface area contributed by atoms with Crippen LogP contribution < -0.4 is 5.32 Å². The molecule has 32 heavy (non-hydrogen) atoms. The van der Waals surface area contributed by atoms with E-state index in [-0.39, 0.29) is 18.4 Å². The van der Waals surface area contributed by atoms with Crippen molar-refractivity contribution in [3.8, 4) is 11.1 Å². The molecule has 2 amide bonds. The minimum atomic E-state index is -0.108. The van der Waals surface area contributed by atoms with Gasteiger partial charge in [-0.15, -0.1) is 0 Å². The lowest BCUT2D eigenvalue weighted by molar-refractivity contribution is -0.136. The molecule has 0 aliphatic carbocycles. The smallest absolute Gasteiger partial charge is 0.239 e. The molecule has 6 heteroatoms. The highest BCUT2D eigenvalue weighted by atomic mass is 16.2. The van der Waals surface area contributed by atoms with Crippen molar-refractivity contribution < 1.29 is 9.59 Å². The first-order valence-electron chi connectivity index (χ1n) is 11.4. The number of carbonyl (C=O) groups is 2. The Morgan fingerprint density at radius 1 is 0.969 bits per heavy atom. The summed E-state index contributed by atoms with van der Waals surface area (Å²) >= 11 is 0. The minimum absolute atomic E-state index is 0.0930. The van der Waals surface area contributed by atoms with E-state index in [9.17, 15) is 9.59 Å². The molecule has 6 nitrogen and oxygen atoms in total. The third kappa shape index (κ3) is 5.84. The van der Waals surface area contributed by atoms with Crippen molar-refractivity contribution >= 4 is 11.8 Å².